The van der Waals surface area contributed by atoms with Crippen molar-refractivity contribution in [1.82, 2.24) is 10.2 Å². The van der Waals surface area contributed by atoms with Crippen molar-refractivity contribution in [1.29, 1.82) is 0 Å². The van der Waals surface area contributed by atoms with E-state index in [1.54, 1.807) is 0 Å². The highest BCUT2D eigenvalue weighted by Gasteiger charge is 2.17. The Morgan fingerprint density at radius 1 is 0.815 bits per heavy atom. The minimum atomic E-state index is 0.126. The van der Waals surface area contributed by atoms with Crippen molar-refractivity contribution in [2.45, 2.75) is 6.42 Å². The van der Waals surface area contributed by atoms with Crippen molar-refractivity contribution < 1.29 is 4.79 Å². The van der Waals surface area contributed by atoms with Gasteiger partial charge in [0.25, 0.3) is 5.91 Å². The molecule has 1 saturated heterocycles. The van der Waals surface area contributed by atoms with E-state index in [0.717, 1.165) is 43.7 Å². The second-order valence-electron chi connectivity index (χ2n) is 6.94. The van der Waals surface area contributed by atoms with Gasteiger partial charge in [-0.25, -0.2) is 0 Å². The van der Waals surface area contributed by atoms with Crippen LogP contribution in [0.25, 0.3) is 11.1 Å². The second kappa shape index (κ2) is 8.19. The van der Waals surface area contributed by atoms with Gasteiger partial charge in [0, 0.05) is 31.7 Å². The van der Waals surface area contributed by atoms with Crippen molar-refractivity contribution in [3.63, 3.8) is 0 Å². The molecule has 0 spiro atoms. The van der Waals surface area contributed by atoms with Gasteiger partial charge >= 0.3 is 0 Å². The van der Waals surface area contributed by atoms with Crippen LogP contribution in [0.5, 0.6) is 0 Å². The molecule has 3 aromatic carbocycles. The molecule has 1 amide bonds. The number of amides is 1. The minimum Gasteiger partial charge on any atom is -0.336 e. The van der Waals surface area contributed by atoms with Gasteiger partial charge in [-0.15, -0.1) is 0 Å². The highest BCUT2D eigenvalue weighted by molar-refractivity contribution is 5.94. The molecule has 27 heavy (non-hydrogen) atoms. The van der Waals surface area contributed by atoms with E-state index in [1.165, 1.54) is 16.7 Å². The third-order valence-corrected chi connectivity index (χ3v) is 5.10. The third kappa shape index (κ3) is 4.09. The van der Waals surface area contributed by atoms with Crippen molar-refractivity contribution in [3.8, 4) is 11.1 Å². The van der Waals surface area contributed by atoms with E-state index in [1.807, 2.05) is 23.1 Å². The Bertz CT molecular complexity index is 897. The summed E-state index contributed by atoms with van der Waals surface area (Å²) in [6.07, 6.45) is 0.901. The van der Waals surface area contributed by atoms with E-state index in [2.05, 4.69) is 66.0 Å². The standard InChI is InChI=1S/C24H24N2O/c27-24(26-16-14-25-15-17-26)21-12-10-20(11-13-21)23-9-5-4-8-22(23)18-19-6-2-1-3-7-19/h1-13,25H,14-18H2. The molecule has 1 aliphatic rings. The van der Waals surface area contributed by atoms with Crippen LogP contribution >= 0.6 is 0 Å². The first-order valence-electron chi connectivity index (χ1n) is 9.53. The predicted octanol–water partition coefficient (Wildman–Crippen LogP) is 3.99. The summed E-state index contributed by atoms with van der Waals surface area (Å²) in [5.74, 6) is 0.126. The number of piperazine rings is 1. The van der Waals surface area contributed by atoms with Gasteiger partial charge in [-0.2, -0.15) is 0 Å². The molecular formula is C24H24N2O. The Kier molecular flexibility index (Phi) is 5.31. The van der Waals surface area contributed by atoms with E-state index in [4.69, 9.17) is 0 Å². The zero-order chi connectivity index (χ0) is 18.5. The summed E-state index contributed by atoms with van der Waals surface area (Å²) < 4.78 is 0. The van der Waals surface area contributed by atoms with Crippen molar-refractivity contribution in [2.75, 3.05) is 26.2 Å². The lowest BCUT2D eigenvalue weighted by Gasteiger charge is -2.27. The van der Waals surface area contributed by atoms with Gasteiger partial charge in [-0.1, -0.05) is 66.7 Å². The van der Waals surface area contributed by atoms with Crippen molar-refractivity contribution in [2.24, 2.45) is 0 Å². The molecule has 1 N–H and O–H groups in total. The maximum Gasteiger partial charge on any atom is 0.253 e. The van der Waals surface area contributed by atoms with Gasteiger partial charge in [-0.05, 0) is 40.8 Å². The summed E-state index contributed by atoms with van der Waals surface area (Å²) in [5.41, 5.74) is 5.74. The van der Waals surface area contributed by atoms with Crippen LogP contribution in [0.4, 0.5) is 0 Å². The van der Waals surface area contributed by atoms with Gasteiger partial charge < -0.3 is 10.2 Å². The van der Waals surface area contributed by atoms with Crippen LogP contribution in [0.15, 0.2) is 78.9 Å². The summed E-state index contributed by atoms with van der Waals surface area (Å²) in [6, 6.07) is 27.1. The van der Waals surface area contributed by atoms with Crippen LogP contribution in [0, 0.1) is 0 Å². The van der Waals surface area contributed by atoms with Gasteiger partial charge in [-0.3, -0.25) is 4.79 Å². The number of benzene rings is 3. The van der Waals surface area contributed by atoms with Crippen molar-refractivity contribution in [3.05, 3.63) is 95.6 Å². The fraction of sp³-hybridized carbons (Fsp3) is 0.208. The Hall–Kier alpha value is -2.91. The molecule has 0 saturated carbocycles. The zero-order valence-corrected chi connectivity index (χ0v) is 15.4. The summed E-state index contributed by atoms with van der Waals surface area (Å²) in [4.78, 5) is 14.6. The lowest BCUT2D eigenvalue weighted by molar-refractivity contribution is 0.0736. The van der Waals surface area contributed by atoms with Gasteiger partial charge in [0.2, 0.25) is 0 Å². The second-order valence-corrected chi connectivity index (χ2v) is 6.94. The Morgan fingerprint density at radius 2 is 1.48 bits per heavy atom. The largest absolute Gasteiger partial charge is 0.336 e. The highest BCUT2D eigenvalue weighted by Crippen LogP contribution is 2.26. The monoisotopic (exact) mass is 356 g/mol. The van der Waals surface area contributed by atoms with Crippen LogP contribution in [0.1, 0.15) is 21.5 Å². The molecule has 3 heteroatoms. The van der Waals surface area contributed by atoms with Crippen molar-refractivity contribution >= 4 is 5.91 Å². The first-order valence-corrected chi connectivity index (χ1v) is 9.53. The Balaban J connectivity index is 1.56. The number of rotatable bonds is 4. The number of carbonyl (C=O) groups excluding carboxylic acids is 1. The maximum absolute atomic E-state index is 12.7. The molecule has 0 atom stereocenters. The molecule has 0 aromatic heterocycles. The first-order chi connectivity index (χ1) is 13.3. The van der Waals surface area contributed by atoms with Gasteiger partial charge in [0.15, 0.2) is 0 Å². The summed E-state index contributed by atoms with van der Waals surface area (Å²) in [5, 5.41) is 3.28. The average molecular weight is 356 g/mol. The lowest BCUT2D eigenvalue weighted by atomic mass is 9.94. The molecule has 3 nitrogen and oxygen atoms in total. The molecule has 0 aliphatic carbocycles. The topological polar surface area (TPSA) is 32.3 Å². The fourth-order valence-electron chi connectivity index (χ4n) is 3.61. The van der Waals surface area contributed by atoms with Gasteiger partial charge in [0.05, 0.1) is 0 Å². The summed E-state index contributed by atoms with van der Waals surface area (Å²) in [6.45, 7) is 3.30. The molecule has 4 rings (SSSR count). The van der Waals surface area contributed by atoms with E-state index < -0.39 is 0 Å². The maximum atomic E-state index is 12.7. The summed E-state index contributed by atoms with van der Waals surface area (Å²) >= 11 is 0. The van der Waals surface area contributed by atoms with Crippen LogP contribution < -0.4 is 5.32 Å². The van der Waals surface area contributed by atoms with E-state index in [-0.39, 0.29) is 5.91 Å². The summed E-state index contributed by atoms with van der Waals surface area (Å²) in [7, 11) is 0. The number of hydrogen-bond donors (Lipinski definition) is 1. The number of nitrogens with zero attached hydrogens (tertiary/aromatic N) is 1. The molecule has 0 radical (unpaired) electrons. The number of carbonyl (C=O) groups is 1. The molecule has 1 fully saturated rings. The minimum absolute atomic E-state index is 0.126. The molecule has 0 unspecified atom stereocenters. The zero-order valence-electron chi connectivity index (χ0n) is 15.4. The molecule has 136 valence electrons. The number of nitrogens with one attached hydrogen (secondary N) is 1. The molecule has 0 bridgehead atoms. The third-order valence-electron chi connectivity index (χ3n) is 5.10. The molecule has 1 heterocycles. The van der Waals surface area contributed by atoms with Crippen LogP contribution in [0.3, 0.4) is 0 Å². The quantitative estimate of drug-likeness (QED) is 0.767. The Labute approximate surface area is 160 Å². The van der Waals surface area contributed by atoms with Crippen LogP contribution in [-0.2, 0) is 6.42 Å². The normalized spacial score (nSPS) is 14.1. The SMILES string of the molecule is O=C(c1ccc(-c2ccccc2Cc2ccccc2)cc1)N1CCNCC1. The van der Waals surface area contributed by atoms with Crippen LogP contribution in [0.2, 0.25) is 0 Å². The highest BCUT2D eigenvalue weighted by atomic mass is 16.2. The Morgan fingerprint density at radius 3 is 2.22 bits per heavy atom. The molecule has 3 aromatic rings. The predicted molar refractivity (Wildman–Crippen MR) is 110 cm³/mol. The smallest absolute Gasteiger partial charge is 0.253 e. The average Bonchev–Trinajstić information content (AvgIpc) is 2.75. The number of hydrogen-bond acceptors (Lipinski definition) is 2. The fourth-order valence-corrected chi connectivity index (χ4v) is 3.61. The van der Waals surface area contributed by atoms with Crippen LogP contribution in [-0.4, -0.2) is 37.0 Å². The lowest BCUT2D eigenvalue weighted by Crippen LogP contribution is -2.46. The van der Waals surface area contributed by atoms with E-state index >= 15 is 0 Å². The van der Waals surface area contributed by atoms with Gasteiger partial charge in [0.1, 0.15) is 0 Å². The van der Waals surface area contributed by atoms with E-state index in [0.29, 0.717) is 0 Å². The van der Waals surface area contributed by atoms with E-state index in [9.17, 15) is 4.79 Å². The first kappa shape index (κ1) is 17.5. The molecule has 1 aliphatic heterocycles. The molecular weight excluding hydrogens is 332 g/mol.